The molecule has 0 saturated carbocycles. The molecule has 7 heteroatoms. The quantitative estimate of drug-likeness (QED) is 0.769. The van der Waals surface area contributed by atoms with Gasteiger partial charge in [-0.1, -0.05) is 17.6 Å². The van der Waals surface area contributed by atoms with E-state index in [1.807, 2.05) is 51.1 Å². The number of amides is 3. The largest absolute Gasteiger partial charge is 0.340 e. The van der Waals surface area contributed by atoms with Crippen LogP contribution < -0.4 is 16.1 Å². The molecule has 0 aliphatic heterocycles. The van der Waals surface area contributed by atoms with Crippen molar-refractivity contribution in [3.05, 3.63) is 54.1 Å². The van der Waals surface area contributed by atoms with Gasteiger partial charge in [-0.3, -0.25) is 4.79 Å². The van der Waals surface area contributed by atoms with Crippen molar-refractivity contribution in [1.29, 1.82) is 0 Å². The first-order valence-electron chi connectivity index (χ1n) is 8.50. The number of benzene rings is 2. The van der Waals surface area contributed by atoms with Crippen LogP contribution >= 0.6 is 0 Å². The Morgan fingerprint density at radius 3 is 1.85 bits per heavy atom. The summed E-state index contributed by atoms with van der Waals surface area (Å²) in [5, 5.41) is 5.53. The topological polar surface area (TPSA) is 64.7 Å². The fraction of sp³-hybridized carbons (Fsp3) is 0.263. The number of hydrogen-bond donors (Lipinski definition) is 2. The lowest BCUT2D eigenvalue weighted by atomic mass is 9.96. The molecular formula is C19H25BN4O2. The third-order valence-corrected chi connectivity index (χ3v) is 3.93. The molecule has 0 bridgehead atoms. The highest BCUT2D eigenvalue weighted by atomic mass is 16.2. The van der Waals surface area contributed by atoms with Crippen LogP contribution in [0.25, 0.3) is 0 Å². The molecule has 0 radical (unpaired) electrons. The molecular weight excluding hydrogens is 327 g/mol. The van der Waals surface area contributed by atoms with Crippen molar-refractivity contribution in [3.8, 4) is 0 Å². The number of nitrogens with one attached hydrogen (secondary N) is 2. The molecule has 26 heavy (non-hydrogen) atoms. The van der Waals surface area contributed by atoms with Gasteiger partial charge < -0.3 is 20.4 Å². The minimum Gasteiger partial charge on any atom is -0.340 e. The highest BCUT2D eigenvalue weighted by Gasteiger charge is 2.12. The third-order valence-electron chi connectivity index (χ3n) is 3.93. The molecule has 0 aliphatic carbocycles. The lowest BCUT2D eigenvalue weighted by Crippen LogP contribution is -2.33. The van der Waals surface area contributed by atoms with E-state index in [0.717, 1.165) is 17.7 Å². The van der Waals surface area contributed by atoms with E-state index in [9.17, 15) is 9.59 Å². The summed E-state index contributed by atoms with van der Waals surface area (Å²) < 4.78 is 0. The van der Waals surface area contributed by atoms with E-state index in [4.69, 9.17) is 0 Å². The third kappa shape index (κ3) is 5.93. The van der Waals surface area contributed by atoms with Gasteiger partial charge in [-0.25, -0.2) is 4.79 Å². The standard InChI is InChI=1S/C19H25BN4O2/c1-23(2)12-13-24(3)18(25)14-4-8-16(9-5-14)21-19(26)22-17-10-6-15(20)7-11-17/h4-11H,12-13,20H2,1-3H3,(H2,21,22,26). The van der Waals surface area contributed by atoms with E-state index in [2.05, 4.69) is 10.6 Å². The summed E-state index contributed by atoms with van der Waals surface area (Å²) in [4.78, 5) is 28.1. The van der Waals surface area contributed by atoms with Gasteiger partial charge in [0, 0.05) is 37.1 Å². The Hall–Kier alpha value is -2.80. The van der Waals surface area contributed by atoms with E-state index >= 15 is 0 Å². The molecule has 0 atom stereocenters. The Morgan fingerprint density at radius 1 is 0.846 bits per heavy atom. The molecule has 0 spiro atoms. The van der Waals surface area contributed by atoms with Crippen LogP contribution in [0.1, 0.15) is 10.4 Å². The van der Waals surface area contributed by atoms with Gasteiger partial charge in [0.15, 0.2) is 0 Å². The molecule has 0 heterocycles. The number of anilines is 2. The first kappa shape index (κ1) is 19.5. The van der Waals surface area contributed by atoms with Crippen molar-refractivity contribution in [2.24, 2.45) is 0 Å². The fourth-order valence-electron chi connectivity index (χ4n) is 2.30. The number of carbonyl (C=O) groups excluding carboxylic acids is 2. The van der Waals surface area contributed by atoms with Crippen LogP contribution in [0.15, 0.2) is 48.5 Å². The molecule has 2 N–H and O–H groups in total. The Balaban J connectivity index is 1.91. The molecule has 6 nitrogen and oxygen atoms in total. The smallest absolute Gasteiger partial charge is 0.323 e. The van der Waals surface area contributed by atoms with Crippen molar-refractivity contribution >= 4 is 36.6 Å². The summed E-state index contributed by atoms with van der Waals surface area (Å²) in [6.07, 6.45) is 0. The monoisotopic (exact) mass is 352 g/mol. The maximum absolute atomic E-state index is 12.4. The Kier molecular flexibility index (Phi) is 6.80. The molecule has 3 amide bonds. The van der Waals surface area contributed by atoms with Crippen molar-refractivity contribution in [2.75, 3.05) is 44.9 Å². The molecule has 0 fully saturated rings. The Bertz CT molecular complexity index is 745. The second-order valence-electron chi connectivity index (χ2n) is 6.55. The second kappa shape index (κ2) is 9.06. The second-order valence-corrected chi connectivity index (χ2v) is 6.55. The van der Waals surface area contributed by atoms with E-state index in [0.29, 0.717) is 17.8 Å². The highest BCUT2D eigenvalue weighted by molar-refractivity contribution is 6.32. The van der Waals surface area contributed by atoms with Crippen molar-refractivity contribution in [3.63, 3.8) is 0 Å². The average molecular weight is 352 g/mol. The van der Waals surface area contributed by atoms with Crippen LogP contribution in [0.2, 0.25) is 0 Å². The molecule has 2 rings (SSSR count). The average Bonchev–Trinajstić information content (AvgIpc) is 2.61. The fourth-order valence-corrected chi connectivity index (χ4v) is 2.30. The van der Waals surface area contributed by atoms with Crippen LogP contribution in [-0.2, 0) is 0 Å². The summed E-state index contributed by atoms with van der Waals surface area (Å²) in [5.74, 6) is -0.0393. The van der Waals surface area contributed by atoms with Gasteiger partial charge in [0.05, 0.1) is 0 Å². The SMILES string of the molecule is Bc1ccc(NC(=O)Nc2ccc(C(=O)N(C)CCN(C)C)cc2)cc1. The molecule has 2 aromatic rings. The number of nitrogens with zero attached hydrogens (tertiary/aromatic N) is 2. The van der Waals surface area contributed by atoms with Crippen molar-refractivity contribution in [1.82, 2.24) is 9.80 Å². The van der Waals surface area contributed by atoms with Gasteiger partial charge in [0.25, 0.3) is 5.91 Å². The maximum Gasteiger partial charge on any atom is 0.323 e. The minimum absolute atomic E-state index is 0.0393. The molecule has 0 unspecified atom stereocenters. The lowest BCUT2D eigenvalue weighted by Gasteiger charge is -2.19. The summed E-state index contributed by atoms with van der Waals surface area (Å²) in [6, 6.07) is 14.1. The van der Waals surface area contributed by atoms with Gasteiger partial charge in [-0.15, -0.1) is 0 Å². The van der Waals surface area contributed by atoms with Crippen LogP contribution in [0.4, 0.5) is 16.2 Å². The number of carbonyl (C=O) groups is 2. The molecule has 136 valence electrons. The molecule has 0 saturated heterocycles. The summed E-state index contributed by atoms with van der Waals surface area (Å²) in [6.45, 7) is 1.46. The predicted molar refractivity (Wildman–Crippen MR) is 109 cm³/mol. The van der Waals surface area contributed by atoms with Crippen LogP contribution in [0.3, 0.4) is 0 Å². The Morgan fingerprint density at radius 2 is 1.35 bits per heavy atom. The zero-order valence-electron chi connectivity index (χ0n) is 15.7. The first-order chi connectivity index (χ1) is 12.3. The predicted octanol–water partition coefficient (Wildman–Crippen LogP) is 1.22. The molecule has 0 aromatic heterocycles. The van der Waals surface area contributed by atoms with E-state index in [1.54, 1.807) is 36.2 Å². The minimum atomic E-state index is -0.323. The summed E-state index contributed by atoms with van der Waals surface area (Å²) in [5.41, 5.74) is 3.08. The number of hydrogen-bond acceptors (Lipinski definition) is 3. The van der Waals surface area contributed by atoms with E-state index in [1.165, 1.54) is 0 Å². The van der Waals surface area contributed by atoms with E-state index in [-0.39, 0.29) is 11.9 Å². The van der Waals surface area contributed by atoms with Gasteiger partial charge in [0.1, 0.15) is 7.85 Å². The zero-order valence-corrected chi connectivity index (χ0v) is 15.7. The number of rotatable bonds is 6. The normalized spacial score (nSPS) is 10.5. The van der Waals surface area contributed by atoms with Crippen LogP contribution in [-0.4, -0.2) is 63.8 Å². The van der Waals surface area contributed by atoms with Gasteiger partial charge in [-0.05, 0) is 50.5 Å². The van der Waals surface area contributed by atoms with Gasteiger partial charge in [-0.2, -0.15) is 0 Å². The van der Waals surface area contributed by atoms with Gasteiger partial charge >= 0.3 is 6.03 Å². The maximum atomic E-state index is 12.4. The summed E-state index contributed by atoms with van der Waals surface area (Å²) in [7, 11) is 7.72. The lowest BCUT2D eigenvalue weighted by molar-refractivity contribution is 0.0786. The van der Waals surface area contributed by atoms with Gasteiger partial charge in [0.2, 0.25) is 0 Å². The van der Waals surface area contributed by atoms with E-state index < -0.39 is 0 Å². The van der Waals surface area contributed by atoms with Crippen molar-refractivity contribution in [2.45, 2.75) is 0 Å². The Labute approximate surface area is 155 Å². The molecule has 2 aromatic carbocycles. The molecule has 0 aliphatic rings. The number of likely N-dealkylation sites (N-methyl/N-ethyl adjacent to an activating group) is 2. The zero-order chi connectivity index (χ0) is 19.1. The van der Waals surface area contributed by atoms with Crippen LogP contribution in [0, 0.1) is 0 Å². The first-order valence-corrected chi connectivity index (χ1v) is 8.50. The van der Waals surface area contributed by atoms with Crippen LogP contribution in [0.5, 0.6) is 0 Å². The number of urea groups is 1. The summed E-state index contributed by atoms with van der Waals surface area (Å²) >= 11 is 0. The highest BCUT2D eigenvalue weighted by Crippen LogP contribution is 2.12. The van der Waals surface area contributed by atoms with Crippen molar-refractivity contribution < 1.29 is 9.59 Å².